The van der Waals surface area contributed by atoms with Gasteiger partial charge in [0.05, 0.1) is 0 Å². The maximum Gasteiger partial charge on any atom is 0.223 e. The Hall–Kier alpha value is -0.530. The smallest absolute Gasteiger partial charge is 0.223 e. The highest BCUT2D eigenvalue weighted by Gasteiger charge is 2.19. The molecule has 0 atom stereocenters. The summed E-state index contributed by atoms with van der Waals surface area (Å²) in [6.45, 7) is 12.4. The van der Waals surface area contributed by atoms with Gasteiger partial charge in [0.15, 0.2) is 0 Å². The van der Waals surface area contributed by atoms with Gasteiger partial charge < -0.3 is 4.90 Å². The van der Waals surface area contributed by atoms with Gasteiger partial charge in [0.1, 0.15) is 0 Å². The van der Waals surface area contributed by atoms with E-state index in [9.17, 15) is 4.79 Å². The van der Waals surface area contributed by atoms with E-state index >= 15 is 0 Å². The van der Waals surface area contributed by atoms with E-state index in [4.69, 9.17) is 0 Å². The van der Waals surface area contributed by atoms with Crippen molar-refractivity contribution in [3.63, 3.8) is 0 Å². The Balaban J connectivity index is 4.14. The van der Waals surface area contributed by atoms with Crippen molar-refractivity contribution in [1.29, 1.82) is 0 Å². The maximum atomic E-state index is 11.9. The lowest BCUT2D eigenvalue weighted by Crippen LogP contribution is -2.34. The molecule has 0 aromatic heterocycles. The van der Waals surface area contributed by atoms with Gasteiger partial charge in [-0.05, 0) is 18.3 Å². The molecule has 0 aromatic rings. The van der Waals surface area contributed by atoms with Crippen LogP contribution in [0.3, 0.4) is 0 Å². The Morgan fingerprint density at radius 2 is 1.50 bits per heavy atom. The Morgan fingerprint density at radius 1 is 1.07 bits per heavy atom. The molecule has 0 unspecified atom stereocenters. The summed E-state index contributed by atoms with van der Waals surface area (Å²) in [6, 6.07) is 0. The predicted molar refractivity (Wildman–Crippen MR) is 61.2 cm³/mol. The van der Waals surface area contributed by atoms with Crippen LogP contribution in [0.15, 0.2) is 0 Å². The SMILES string of the molecule is CCCN(CCC)C(=O)CC(C)(C)C. The molecule has 14 heavy (non-hydrogen) atoms. The molecule has 2 nitrogen and oxygen atoms in total. The van der Waals surface area contributed by atoms with Crippen molar-refractivity contribution in [2.75, 3.05) is 13.1 Å². The summed E-state index contributed by atoms with van der Waals surface area (Å²) in [5.41, 5.74) is 0.108. The first-order chi connectivity index (χ1) is 6.40. The van der Waals surface area contributed by atoms with Gasteiger partial charge in [-0.2, -0.15) is 0 Å². The Kier molecular flexibility index (Phi) is 5.82. The third kappa shape index (κ3) is 6.01. The molecule has 0 N–H and O–H groups in total. The number of rotatable bonds is 5. The highest BCUT2D eigenvalue weighted by Crippen LogP contribution is 2.19. The van der Waals surface area contributed by atoms with Gasteiger partial charge in [0.25, 0.3) is 0 Å². The molecule has 0 aromatic carbocycles. The van der Waals surface area contributed by atoms with E-state index in [1.807, 2.05) is 4.90 Å². The first-order valence-electron chi connectivity index (χ1n) is 5.68. The molecule has 0 saturated carbocycles. The normalized spacial score (nSPS) is 11.5. The van der Waals surface area contributed by atoms with Crippen LogP contribution in [-0.4, -0.2) is 23.9 Å². The third-order valence-electron chi connectivity index (χ3n) is 2.02. The lowest BCUT2D eigenvalue weighted by Gasteiger charge is -2.26. The fraction of sp³-hybridized carbons (Fsp3) is 0.917. The first-order valence-corrected chi connectivity index (χ1v) is 5.68. The molecule has 0 aliphatic heterocycles. The Bertz CT molecular complexity index is 164. The number of nitrogens with zero attached hydrogens (tertiary/aromatic N) is 1. The molecule has 0 aliphatic rings. The summed E-state index contributed by atoms with van der Waals surface area (Å²) in [7, 11) is 0. The van der Waals surface area contributed by atoms with Crippen LogP contribution in [0.5, 0.6) is 0 Å². The fourth-order valence-corrected chi connectivity index (χ4v) is 1.47. The highest BCUT2D eigenvalue weighted by molar-refractivity contribution is 5.76. The summed E-state index contributed by atoms with van der Waals surface area (Å²) < 4.78 is 0. The summed E-state index contributed by atoms with van der Waals surface area (Å²) in [5.74, 6) is 0.307. The Morgan fingerprint density at radius 3 is 1.79 bits per heavy atom. The zero-order chi connectivity index (χ0) is 11.2. The largest absolute Gasteiger partial charge is 0.343 e. The summed E-state index contributed by atoms with van der Waals surface area (Å²) in [5, 5.41) is 0. The highest BCUT2D eigenvalue weighted by atomic mass is 16.2. The standard InChI is InChI=1S/C12H25NO/c1-6-8-13(9-7-2)11(14)10-12(3,4)5/h6-10H2,1-5H3. The minimum Gasteiger partial charge on any atom is -0.343 e. The minimum atomic E-state index is 0.108. The molecular weight excluding hydrogens is 174 g/mol. The van der Waals surface area contributed by atoms with Crippen molar-refractivity contribution in [3.05, 3.63) is 0 Å². The molecule has 84 valence electrons. The molecule has 1 amide bonds. The molecule has 0 rings (SSSR count). The third-order valence-corrected chi connectivity index (χ3v) is 2.02. The summed E-state index contributed by atoms with van der Waals surface area (Å²) in [6.07, 6.45) is 2.76. The van der Waals surface area contributed by atoms with Gasteiger partial charge in [-0.25, -0.2) is 0 Å². The molecular formula is C12H25NO. The number of amides is 1. The molecule has 0 saturated heterocycles. The zero-order valence-corrected chi connectivity index (χ0v) is 10.4. The zero-order valence-electron chi connectivity index (χ0n) is 10.4. The fourth-order valence-electron chi connectivity index (χ4n) is 1.47. The summed E-state index contributed by atoms with van der Waals surface area (Å²) in [4.78, 5) is 13.9. The van der Waals surface area contributed by atoms with Crippen molar-refractivity contribution in [3.8, 4) is 0 Å². The molecule has 0 aliphatic carbocycles. The second-order valence-electron chi connectivity index (χ2n) is 5.12. The van der Waals surface area contributed by atoms with Gasteiger partial charge in [-0.3, -0.25) is 4.79 Å². The molecule has 0 spiro atoms. The van der Waals surface area contributed by atoms with E-state index in [0.29, 0.717) is 12.3 Å². The second-order valence-corrected chi connectivity index (χ2v) is 5.12. The predicted octanol–water partition coefficient (Wildman–Crippen LogP) is 3.07. The number of hydrogen-bond donors (Lipinski definition) is 0. The Labute approximate surface area is 88.7 Å². The average molecular weight is 199 g/mol. The number of carbonyl (C=O) groups excluding carboxylic acids is 1. The van der Waals surface area contributed by atoms with Gasteiger partial charge in [-0.15, -0.1) is 0 Å². The molecule has 0 heterocycles. The lowest BCUT2D eigenvalue weighted by atomic mass is 9.91. The van der Waals surface area contributed by atoms with Gasteiger partial charge in [0.2, 0.25) is 5.91 Å². The van der Waals surface area contributed by atoms with Crippen molar-refractivity contribution in [2.45, 2.75) is 53.9 Å². The van der Waals surface area contributed by atoms with Gasteiger partial charge in [0, 0.05) is 19.5 Å². The van der Waals surface area contributed by atoms with Crippen LogP contribution in [0.4, 0.5) is 0 Å². The van der Waals surface area contributed by atoms with Gasteiger partial charge >= 0.3 is 0 Å². The van der Waals surface area contributed by atoms with Crippen LogP contribution < -0.4 is 0 Å². The van der Waals surface area contributed by atoms with E-state index in [2.05, 4.69) is 34.6 Å². The van der Waals surface area contributed by atoms with E-state index in [1.54, 1.807) is 0 Å². The lowest BCUT2D eigenvalue weighted by molar-refractivity contribution is -0.133. The van der Waals surface area contributed by atoms with Crippen molar-refractivity contribution >= 4 is 5.91 Å². The van der Waals surface area contributed by atoms with E-state index in [0.717, 1.165) is 25.9 Å². The molecule has 0 fully saturated rings. The maximum absolute atomic E-state index is 11.9. The molecule has 0 radical (unpaired) electrons. The van der Waals surface area contributed by atoms with Crippen LogP contribution in [0, 0.1) is 5.41 Å². The van der Waals surface area contributed by atoms with Crippen molar-refractivity contribution in [1.82, 2.24) is 4.90 Å². The molecule has 0 bridgehead atoms. The van der Waals surface area contributed by atoms with E-state index in [-0.39, 0.29) is 5.41 Å². The monoisotopic (exact) mass is 199 g/mol. The summed E-state index contributed by atoms with van der Waals surface area (Å²) >= 11 is 0. The van der Waals surface area contributed by atoms with E-state index < -0.39 is 0 Å². The van der Waals surface area contributed by atoms with Crippen LogP contribution in [0.25, 0.3) is 0 Å². The van der Waals surface area contributed by atoms with Crippen LogP contribution in [0.2, 0.25) is 0 Å². The average Bonchev–Trinajstić information content (AvgIpc) is 2.01. The van der Waals surface area contributed by atoms with E-state index in [1.165, 1.54) is 0 Å². The first kappa shape index (κ1) is 13.5. The number of carbonyl (C=O) groups is 1. The van der Waals surface area contributed by atoms with Gasteiger partial charge in [-0.1, -0.05) is 34.6 Å². The topological polar surface area (TPSA) is 20.3 Å². The minimum absolute atomic E-state index is 0.108. The molecule has 2 heteroatoms. The second kappa shape index (κ2) is 6.05. The van der Waals surface area contributed by atoms with Crippen LogP contribution in [0.1, 0.15) is 53.9 Å². The van der Waals surface area contributed by atoms with Crippen molar-refractivity contribution < 1.29 is 4.79 Å². The van der Waals surface area contributed by atoms with Crippen LogP contribution in [-0.2, 0) is 4.79 Å². The van der Waals surface area contributed by atoms with Crippen LogP contribution >= 0.6 is 0 Å². The van der Waals surface area contributed by atoms with Crippen molar-refractivity contribution in [2.24, 2.45) is 5.41 Å². The quantitative estimate of drug-likeness (QED) is 0.666. The number of hydrogen-bond acceptors (Lipinski definition) is 1.